The van der Waals surface area contributed by atoms with Gasteiger partial charge in [-0.05, 0) is 32.6 Å². The van der Waals surface area contributed by atoms with Crippen molar-refractivity contribution in [3.8, 4) is 0 Å². The van der Waals surface area contributed by atoms with E-state index < -0.39 is 0 Å². The summed E-state index contributed by atoms with van der Waals surface area (Å²) in [5, 5.41) is 3.81. The predicted molar refractivity (Wildman–Crippen MR) is 64.8 cm³/mol. The number of amides is 1. The maximum atomic E-state index is 12.3. The van der Waals surface area contributed by atoms with Crippen molar-refractivity contribution in [1.82, 2.24) is 10.1 Å². The molecule has 1 saturated heterocycles. The van der Waals surface area contributed by atoms with E-state index in [4.69, 9.17) is 4.52 Å². The van der Waals surface area contributed by atoms with Crippen LogP contribution in [0.2, 0.25) is 0 Å². The smallest absolute Gasteiger partial charge is 0.276 e. The number of carbonyl (C=O) groups excluding carboxylic acids is 1. The van der Waals surface area contributed by atoms with Gasteiger partial charge in [0.05, 0.1) is 0 Å². The summed E-state index contributed by atoms with van der Waals surface area (Å²) in [5.74, 6) is 1.25. The molecule has 1 fully saturated rings. The Hall–Kier alpha value is -1.32. The van der Waals surface area contributed by atoms with E-state index in [0.717, 1.165) is 13.0 Å². The first-order chi connectivity index (χ1) is 8.08. The maximum Gasteiger partial charge on any atom is 0.276 e. The Kier molecular flexibility index (Phi) is 3.50. The summed E-state index contributed by atoms with van der Waals surface area (Å²) in [6, 6.07) is 2.01. The third kappa shape index (κ3) is 2.68. The molecule has 2 rings (SSSR count). The Morgan fingerprint density at radius 3 is 2.88 bits per heavy atom. The normalized spacial score (nSPS) is 25.7. The second-order valence-corrected chi connectivity index (χ2v) is 5.17. The van der Waals surface area contributed by atoms with Gasteiger partial charge in [0.25, 0.3) is 5.91 Å². The second-order valence-electron chi connectivity index (χ2n) is 5.17. The predicted octanol–water partition coefficient (Wildman–Crippen LogP) is 2.63. The lowest BCUT2D eigenvalue weighted by atomic mass is 10.1. The quantitative estimate of drug-likeness (QED) is 0.753. The largest absolute Gasteiger partial charge is 0.361 e. The van der Waals surface area contributed by atoms with E-state index in [-0.39, 0.29) is 5.91 Å². The second kappa shape index (κ2) is 4.90. The van der Waals surface area contributed by atoms with Crippen molar-refractivity contribution in [3.05, 3.63) is 17.5 Å². The number of aromatic nitrogens is 1. The summed E-state index contributed by atoms with van der Waals surface area (Å²) in [4.78, 5) is 14.3. The van der Waals surface area contributed by atoms with Gasteiger partial charge in [-0.3, -0.25) is 4.79 Å². The van der Waals surface area contributed by atoms with Gasteiger partial charge in [-0.15, -0.1) is 0 Å². The molecule has 0 spiro atoms. The molecule has 0 radical (unpaired) electrons. The van der Waals surface area contributed by atoms with Crippen molar-refractivity contribution >= 4 is 5.91 Å². The highest BCUT2D eigenvalue weighted by molar-refractivity contribution is 5.92. The molecule has 0 N–H and O–H groups in total. The van der Waals surface area contributed by atoms with Crippen LogP contribution >= 0.6 is 0 Å². The Morgan fingerprint density at radius 2 is 2.24 bits per heavy atom. The molecule has 17 heavy (non-hydrogen) atoms. The Labute approximate surface area is 102 Å². The number of hydrogen-bond acceptors (Lipinski definition) is 3. The van der Waals surface area contributed by atoms with Crippen molar-refractivity contribution in [2.45, 2.75) is 46.1 Å². The van der Waals surface area contributed by atoms with Crippen LogP contribution in [0.3, 0.4) is 0 Å². The highest BCUT2D eigenvalue weighted by Gasteiger charge is 2.27. The van der Waals surface area contributed by atoms with Gasteiger partial charge in [-0.1, -0.05) is 18.5 Å². The van der Waals surface area contributed by atoms with E-state index in [2.05, 4.69) is 19.0 Å². The molecule has 0 saturated carbocycles. The minimum atomic E-state index is 0.00287. The zero-order chi connectivity index (χ0) is 12.4. The molecule has 4 nitrogen and oxygen atoms in total. The van der Waals surface area contributed by atoms with Crippen LogP contribution in [0.1, 0.15) is 49.4 Å². The fourth-order valence-corrected chi connectivity index (χ4v) is 2.42. The molecule has 94 valence electrons. The third-order valence-corrected chi connectivity index (χ3v) is 3.47. The first-order valence-corrected chi connectivity index (χ1v) is 6.32. The average Bonchev–Trinajstić information content (AvgIpc) is 2.64. The Morgan fingerprint density at radius 1 is 1.47 bits per heavy atom. The fraction of sp³-hybridized carbons (Fsp3) is 0.692. The van der Waals surface area contributed by atoms with Crippen LogP contribution in [-0.4, -0.2) is 28.6 Å². The van der Waals surface area contributed by atoms with Gasteiger partial charge >= 0.3 is 0 Å². The van der Waals surface area contributed by atoms with E-state index in [0.29, 0.717) is 23.4 Å². The lowest BCUT2D eigenvalue weighted by molar-refractivity contribution is 0.0667. The summed E-state index contributed by atoms with van der Waals surface area (Å²) >= 11 is 0. The highest BCUT2D eigenvalue weighted by Crippen LogP contribution is 2.22. The van der Waals surface area contributed by atoms with E-state index >= 15 is 0 Å². The molecule has 2 atom stereocenters. The monoisotopic (exact) mass is 236 g/mol. The van der Waals surface area contributed by atoms with Crippen LogP contribution in [0.25, 0.3) is 0 Å². The molecule has 2 heterocycles. The summed E-state index contributed by atoms with van der Waals surface area (Å²) in [5.41, 5.74) is 0.434. The van der Waals surface area contributed by atoms with Crippen LogP contribution < -0.4 is 0 Å². The maximum absolute atomic E-state index is 12.3. The average molecular weight is 236 g/mol. The lowest BCUT2D eigenvalue weighted by Gasteiger charge is -2.27. The minimum Gasteiger partial charge on any atom is -0.361 e. The van der Waals surface area contributed by atoms with E-state index in [1.54, 1.807) is 13.0 Å². The zero-order valence-corrected chi connectivity index (χ0v) is 10.8. The van der Waals surface area contributed by atoms with Crippen molar-refractivity contribution in [3.63, 3.8) is 0 Å². The van der Waals surface area contributed by atoms with Crippen LogP contribution in [0.5, 0.6) is 0 Å². The Bertz CT molecular complexity index is 400. The fourth-order valence-electron chi connectivity index (χ4n) is 2.42. The summed E-state index contributed by atoms with van der Waals surface area (Å²) in [6.45, 7) is 6.94. The van der Waals surface area contributed by atoms with Crippen molar-refractivity contribution in [2.75, 3.05) is 6.54 Å². The third-order valence-electron chi connectivity index (χ3n) is 3.47. The molecule has 4 heteroatoms. The summed E-state index contributed by atoms with van der Waals surface area (Å²) in [7, 11) is 0. The van der Waals surface area contributed by atoms with Gasteiger partial charge < -0.3 is 9.42 Å². The van der Waals surface area contributed by atoms with E-state index in [1.165, 1.54) is 12.8 Å². The summed E-state index contributed by atoms with van der Waals surface area (Å²) < 4.78 is 4.97. The Balaban J connectivity index is 2.16. The first kappa shape index (κ1) is 12.1. The zero-order valence-electron chi connectivity index (χ0n) is 10.8. The van der Waals surface area contributed by atoms with Gasteiger partial charge in [0.15, 0.2) is 5.69 Å². The van der Waals surface area contributed by atoms with Gasteiger partial charge in [0.2, 0.25) is 0 Å². The molecule has 1 aromatic heterocycles. The van der Waals surface area contributed by atoms with Crippen molar-refractivity contribution in [1.29, 1.82) is 0 Å². The molecule has 0 unspecified atom stereocenters. The molecule has 0 bridgehead atoms. The van der Waals surface area contributed by atoms with Crippen LogP contribution in [-0.2, 0) is 0 Å². The highest BCUT2D eigenvalue weighted by atomic mass is 16.5. The molecular formula is C13H20N2O2. The van der Waals surface area contributed by atoms with Crippen molar-refractivity contribution < 1.29 is 9.32 Å². The van der Waals surface area contributed by atoms with Gasteiger partial charge in [-0.25, -0.2) is 0 Å². The first-order valence-electron chi connectivity index (χ1n) is 6.32. The SMILES string of the molecule is Cc1cc(C(=O)N2C[C@H](C)CCC[C@H]2C)no1. The molecule has 1 aliphatic rings. The topological polar surface area (TPSA) is 46.3 Å². The van der Waals surface area contributed by atoms with Crippen LogP contribution in [0, 0.1) is 12.8 Å². The molecule has 0 aromatic carbocycles. The molecule has 1 aliphatic heterocycles. The lowest BCUT2D eigenvalue weighted by Crippen LogP contribution is -2.40. The summed E-state index contributed by atoms with van der Waals surface area (Å²) in [6.07, 6.45) is 3.48. The number of rotatable bonds is 1. The number of hydrogen-bond donors (Lipinski definition) is 0. The number of carbonyl (C=O) groups is 1. The van der Waals surface area contributed by atoms with Crippen molar-refractivity contribution in [2.24, 2.45) is 5.92 Å². The molecular weight excluding hydrogens is 216 g/mol. The molecule has 1 aromatic rings. The van der Waals surface area contributed by atoms with E-state index in [9.17, 15) is 4.79 Å². The van der Waals surface area contributed by atoms with Gasteiger partial charge in [0, 0.05) is 18.7 Å². The minimum absolute atomic E-state index is 0.00287. The number of nitrogens with zero attached hydrogens (tertiary/aromatic N) is 2. The molecule has 1 amide bonds. The van der Waals surface area contributed by atoms with Gasteiger partial charge in [-0.2, -0.15) is 0 Å². The van der Waals surface area contributed by atoms with E-state index in [1.807, 2.05) is 4.90 Å². The standard InChI is InChI=1S/C13H20N2O2/c1-9-5-4-6-10(2)15(8-9)13(16)12-7-11(3)17-14-12/h7,9-10H,4-6,8H2,1-3H3/t9-,10-/m1/s1. The number of aryl methyl sites for hydroxylation is 1. The molecule has 0 aliphatic carbocycles. The van der Waals surface area contributed by atoms with Gasteiger partial charge in [0.1, 0.15) is 5.76 Å². The van der Waals surface area contributed by atoms with Crippen LogP contribution in [0.4, 0.5) is 0 Å². The number of likely N-dealkylation sites (tertiary alicyclic amines) is 1. The van der Waals surface area contributed by atoms with Crippen LogP contribution in [0.15, 0.2) is 10.6 Å².